The molecule has 0 radical (unpaired) electrons. The van der Waals surface area contributed by atoms with Crippen molar-refractivity contribution in [3.8, 4) is 11.5 Å². The fraction of sp³-hybridized carbons (Fsp3) is 0.440. The highest BCUT2D eigenvalue weighted by Crippen LogP contribution is 2.42. The first-order valence-corrected chi connectivity index (χ1v) is 10.4. The zero-order valence-electron chi connectivity index (χ0n) is 19.4. The van der Waals surface area contributed by atoms with E-state index in [1.165, 1.54) is 0 Å². The van der Waals surface area contributed by atoms with Crippen LogP contribution < -0.4 is 9.47 Å². The number of hydrogen-bond donors (Lipinski definition) is 0. The third-order valence-corrected chi connectivity index (χ3v) is 5.90. The summed E-state index contributed by atoms with van der Waals surface area (Å²) < 4.78 is 10.8. The van der Waals surface area contributed by atoms with Crippen LogP contribution in [0.5, 0.6) is 11.5 Å². The minimum atomic E-state index is -1.06. The highest BCUT2D eigenvalue weighted by Gasteiger charge is 2.58. The first-order chi connectivity index (χ1) is 14.5. The summed E-state index contributed by atoms with van der Waals surface area (Å²) in [6, 6.07) is 14.7. The van der Waals surface area contributed by atoms with Crippen LogP contribution in [-0.4, -0.2) is 54.6 Å². The number of hydrogen-bond acceptors (Lipinski definition) is 4. The molecule has 0 aromatic heterocycles. The van der Waals surface area contributed by atoms with E-state index in [1.54, 1.807) is 49.3 Å². The van der Waals surface area contributed by atoms with E-state index in [9.17, 15) is 9.59 Å². The third kappa shape index (κ3) is 4.11. The van der Waals surface area contributed by atoms with Gasteiger partial charge in [-0.25, -0.2) is 0 Å². The molecule has 2 amide bonds. The molecular formula is C25H32N2O4. The fourth-order valence-corrected chi connectivity index (χ4v) is 4.59. The Morgan fingerprint density at radius 2 is 1.58 bits per heavy atom. The molecule has 1 aliphatic rings. The maximum Gasteiger partial charge on any atom is 0.256 e. The van der Waals surface area contributed by atoms with Crippen LogP contribution in [0.3, 0.4) is 0 Å². The molecule has 1 aliphatic heterocycles. The Bertz CT molecular complexity index is 945. The quantitative estimate of drug-likeness (QED) is 0.728. The van der Waals surface area contributed by atoms with Crippen molar-refractivity contribution in [3.63, 3.8) is 0 Å². The van der Waals surface area contributed by atoms with Gasteiger partial charge in [0.25, 0.3) is 5.91 Å². The molecule has 2 atom stereocenters. The van der Waals surface area contributed by atoms with Crippen molar-refractivity contribution in [3.05, 3.63) is 59.7 Å². The lowest BCUT2D eigenvalue weighted by Crippen LogP contribution is -2.56. The second kappa shape index (κ2) is 8.25. The standard InChI is InChI=1S/C25H32N2O4/c1-24(2,3)22-26(5)23(29)25(4,27(22)21(28)18-11-9-8-10-12-18)16-17-13-19(30-6)15-20(14-17)31-7/h8-15,22H,16H2,1-7H3/t22-,25-/m0/s1. The van der Waals surface area contributed by atoms with Gasteiger partial charge < -0.3 is 19.3 Å². The van der Waals surface area contributed by atoms with Gasteiger partial charge in [-0.1, -0.05) is 39.0 Å². The molecule has 166 valence electrons. The average molecular weight is 425 g/mol. The van der Waals surface area contributed by atoms with Crippen LogP contribution >= 0.6 is 0 Å². The number of rotatable bonds is 5. The fourth-order valence-electron chi connectivity index (χ4n) is 4.59. The molecule has 2 aromatic rings. The van der Waals surface area contributed by atoms with Crippen molar-refractivity contribution < 1.29 is 19.1 Å². The van der Waals surface area contributed by atoms with E-state index < -0.39 is 5.54 Å². The number of ether oxygens (including phenoxy) is 2. The zero-order chi connectivity index (χ0) is 23.0. The second-order valence-electron chi connectivity index (χ2n) is 9.37. The zero-order valence-corrected chi connectivity index (χ0v) is 19.4. The first-order valence-electron chi connectivity index (χ1n) is 10.4. The summed E-state index contributed by atoms with van der Waals surface area (Å²) in [4.78, 5) is 30.8. The molecule has 2 aromatic carbocycles. The number of likely N-dealkylation sites (N-methyl/N-ethyl adjacent to an activating group) is 1. The number of nitrogens with zero attached hydrogens (tertiary/aromatic N) is 2. The highest BCUT2D eigenvalue weighted by molar-refractivity contribution is 6.01. The Morgan fingerprint density at radius 3 is 2.06 bits per heavy atom. The van der Waals surface area contributed by atoms with Gasteiger partial charge in [-0.05, 0) is 36.8 Å². The predicted octanol–water partition coefficient (Wildman–Crippen LogP) is 3.99. The van der Waals surface area contributed by atoms with Crippen LogP contribution in [0.25, 0.3) is 0 Å². The molecule has 1 saturated heterocycles. The molecule has 6 heteroatoms. The van der Waals surface area contributed by atoms with Crippen molar-refractivity contribution in [2.45, 2.75) is 45.8 Å². The molecule has 0 N–H and O–H groups in total. The minimum Gasteiger partial charge on any atom is -0.497 e. The van der Waals surface area contributed by atoms with E-state index in [0.717, 1.165) is 5.56 Å². The van der Waals surface area contributed by atoms with Crippen LogP contribution in [0.1, 0.15) is 43.6 Å². The van der Waals surface area contributed by atoms with Crippen LogP contribution in [0.2, 0.25) is 0 Å². The maximum atomic E-state index is 13.7. The average Bonchev–Trinajstić information content (AvgIpc) is 2.94. The van der Waals surface area contributed by atoms with E-state index in [-0.39, 0.29) is 23.4 Å². The summed E-state index contributed by atoms with van der Waals surface area (Å²) in [5.41, 5.74) is 0.0329. The molecule has 0 aliphatic carbocycles. The Hall–Kier alpha value is -3.02. The summed E-state index contributed by atoms with van der Waals surface area (Å²) in [7, 11) is 4.96. The molecule has 0 spiro atoms. The van der Waals surface area contributed by atoms with Gasteiger partial charge >= 0.3 is 0 Å². The molecule has 1 fully saturated rings. The molecule has 6 nitrogen and oxygen atoms in total. The monoisotopic (exact) mass is 424 g/mol. The van der Waals surface area contributed by atoms with Gasteiger partial charge in [-0.15, -0.1) is 0 Å². The number of carbonyl (C=O) groups is 2. The lowest BCUT2D eigenvalue weighted by molar-refractivity contribution is -0.132. The first kappa shape index (κ1) is 22.7. The largest absolute Gasteiger partial charge is 0.497 e. The summed E-state index contributed by atoms with van der Waals surface area (Å²) in [5, 5.41) is 0. The molecule has 31 heavy (non-hydrogen) atoms. The lowest BCUT2D eigenvalue weighted by Gasteiger charge is -2.42. The van der Waals surface area contributed by atoms with E-state index in [0.29, 0.717) is 23.5 Å². The Labute approximate surface area is 184 Å². The summed E-state index contributed by atoms with van der Waals surface area (Å²) >= 11 is 0. The Balaban J connectivity index is 2.13. The van der Waals surface area contributed by atoms with Crippen molar-refractivity contribution >= 4 is 11.8 Å². The SMILES string of the molecule is COc1cc(C[C@@]2(C)C(=O)N(C)[C@H](C(C)(C)C)N2C(=O)c2ccccc2)cc(OC)c1. The van der Waals surface area contributed by atoms with Crippen LogP contribution in [0.15, 0.2) is 48.5 Å². The predicted molar refractivity (Wildman–Crippen MR) is 120 cm³/mol. The topological polar surface area (TPSA) is 59.1 Å². The molecule has 0 bridgehead atoms. The van der Waals surface area contributed by atoms with Crippen molar-refractivity contribution in [2.75, 3.05) is 21.3 Å². The van der Waals surface area contributed by atoms with Crippen LogP contribution in [0, 0.1) is 5.41 Å². The van der Waals surface area contributed by atoms with E-state index in [2.05, 4.69) is 0 Å². The number of methoxy groups -OCH3 is 2. The minimum absolute atomic E-state index is 0.0847. The summed E-state index contributed by atoms with van der Waals surface area (Å²) in [6.07, 6.45) is -0.0419. The number of benzene rings is 2. The van der Waals surface area contributed by atoms with Crippen LogP contribution in [0.4, 0.5) is 0 Å². The van der Waals surface area contributed by atoms with E-state index >= 15 is 0 Å². The molecule has 0 unspecified atom stereocenters. The second-order valence-corrected chi connectivity index (χ2v) is 9.37. The van der Waals surface area contributed by atoms with E-state index in [4.69, 9.17) is 9.47 Å². The van der Waals surface area contributed by atoms with Crippen molar-refractivity contribution in [1.82, 2.24) is 9.80 Å². The molecule has 0 saturated carbocycles. The number of amides is 2. The van der Waals surface area contributed by atoms with Gasteiger partial charge in [-0.3, -0.25) is 9.59 Å². The maximum absolute atomic E-state index is 13.7. The molecular weight excluding hydrogens is 392 g/mol. The van der Waals surface area contributed by atoms with Gasteiger partial charge in [0.15, 0.2) is 0 Å². The van der Waals surface area contributed by atoms with Crippen molar-refractivity contribution in [2.24, 2.45) is 5.41 Å². The third-order valence-electron chi connectivity index (χ3n) is 5.90. The summed E-state index contributed by atoms with van der Waals surface area (Å²) in [6.45, 7) is 8.00. The van der Waals surface area contributed by atoms with Crippen molar-refractivity contribution in [1.29, 1.82) is 0 Å². The van der Waals surface area contributed by atoms with Crippen LogP contribution in [-0.2, 0) is 11.2 Å². The van der Waals surface area contributed by atoms with Gasteiger partial charge in [-0.2, -0.15) is 0 Å². The smallest absolute Gasteiger partial charge is 0.256 e. The summed E-state index contributed by atoms with van der Waals surface area (Å²) in [5.74, 6) is 1.05. The van der Waals surface area contributed by atoms with Gasteiger partial charge in [0.1, 0.15) is 23.2 Å². The lowest BCUT2D eigenvalue weighted by atomic mass is 9.87. The Kier molecular flexibility index (Phi) is 6.03. The van der Waals surface area contributed by atoms with Gasteiger partial charge in [0.05, 0.1) is 14.2 Å². The van der Waals surface area contributed by atoms with Gasteiger partial charge in [0, 0.05) is 30.5 Å². The molecule has 3 rings (SSSR count). The van der Waals surface area contributed by atoms with E-state index in [1.807, 2.05) is 58.0 Å². The molecule has 1 heterocycles. The number of carbonyl (C=O) groups excluding carboxylic acids is 2. The normalized spacial score (nSPS) is 21.4. The van der Waals surface area contributed by atoms with Gasteiger partial charge in [0.2, 0.25) is 5.91 Å². The highest BCUT2D eigenvalue weighted by atomic mass is 16.5. The Morgan fingerprint density at radius 1 is 1.03 bits per heavy atom.